The SMILES string of the molecule is CN=C(NCCCC(=O)N1CCc2ccccc2C1)NC(C)c1ccccc1.I. The van der Waals surface area contributed by atoms with Crippen LogP contribution in [0.15, 0.2) is 59.6 Å². The first-order valence-corrected chi connectivity index (χ1v) is 10.0. The Bertz CT molecular complexity index is 810. The minimum Gasteiger partial charge on any atom is -0.356 e. The summed E-state index contributed by atoms with van der Waals surface area (Å²) in [5.41, 5.74) is 3.86. The largest absolute Gasteiger partial charge is 0.356 e. The lowest BCUT2D eigenvalue weighted by molar-refractivity contribution is -0.132. The molecule has 0 aromatic heterocycles. The lowest BCUT2D eigenvalue weighted by atomic mass is 9.99. The van der Waals surface area contributed by atoms with Gasteiger partial charge in [-0.3, -0.25) is 9.79 Å². The summed E-state index contributed by atoms with van der Waals surface area (Å²) in [6.07, 6.45) is 2.30. The van der Waals surface area contributed by atoms with Gasteiger partial charge >= 0.3 is 0 Å². The molecule has 0 aliphatic carbocycles. The maximum Gasteiger partial charge on any atom is 0.222 e. The van der Waals surface area contributed by atoms with Crippen molar-refractivity contribution in [3.8, 4) is 0 Å². The summed E-state index contributed by atoms with van der Waals surface area (Å²) in [5, 5.41) is 6.70. The molecule has 1 amide bonds. The molecule has 0 fully saturated rings. The molecular formula is C23H31IN4O. The van der Waals surface area contributed by atoms with Crippen LogP contribution in [0.2, 0.25) is 0 Å². The second-order valence-corrected chi connectivity index (χ2v) is 7.21. The highest BCUT2D eigenvalue weighted by molar-refractivity contribution is 14.0. The van der Waals surface area contributed by atoms with Crippen molar-refractivity contribution < 1.29 is 4.79 Å². The van der Waals surface area contributed by atoms with Crippen LogP contribution in [-0.4, -0.2) is 36.9 Å². The zero-order valence-corrected chi connectivity index (χ0v) is 19.6. The van der Waals surface area contributed by atoms with Gasteiger partial charge in [-0.15, -0.1) is 24.0 Å². The number of nitrogens with zero attached hydrogens (tertiary/aromatic N) is 2. The molecule has 0 radical (unpaired) electrons. The first-order valence-electron chi connectivity index (χ1n) is 10.0. The van der Waals surface area contributed by atoms with Crippen LogP contribution < -0.4 is 10.6 Å². The molecule has 156 valence electrons. The molecule has 5 nitrogen and oxygen atoms in total. The summed E-state index contributed by atoms with van der Waals surface area (Å²) in [4.78, 5) is 18.8. The zero-order chi connectivity index (χ0) is 19.8. The molecule has 1 aliphatic heterocycles. The van der Waals surface area contributed by atoms with Crippen molar-refractivity contribution in [1.82, 2.24) is 15.5 Å². The van der Waals surface area contributed by atoms with Crippen molar-refractivity contribution in [3.05, 3.63) is 71.3 Å². The van der Waals surface area contributed by atoms with Gasteiger partial charge < -0.3 is 15.5 Å². The van der Waals surface area contributed by atoms with Crippen molar-refractivity contribution in [2.24, 2.45) is 4.99 Å². The fraction of sp³-hybridized carbons (Fsp3) is 0.391. The first-order chi connectivity index (χ1) is 13.7. The van der Waals surface area contributed by atoms with Crippen molar-refractivity contribution >= 4 is 35.8 Å². The molecular weight excluding hydrogens is 475 g/mol. The van der Waals surface area contributed by atoms with Gasteiger partial charge in [-0.1, -0.05) is 54.6 Å². The normalized spacial score (nSPS) is 14.4. The van der Waals surface area contributed by atoms with Gasteiger partial charge in [0.05, 0.1) is 6.04 Å². The molecule has 1 heterocycles. The number of halogens is 1. The number of nitrogens with one attached hydrogen (secondary N) is 2. The van der Waals surface area contributed by atoms with Crippen molar-refractivity contribution in [3.63, 3.8) is 0 Å². The summed E-state index contributed by atoms with van der Waals surface area (Å²) >= 11 is 0. The number of hydrogen-bond acceptors (Lipinski definition) is 2. The molecule has 1 unspecified atom stereocenters. The van der Waals surface area contributed by atoms with Crippen molar-refractivity contribution in [2.45, 2.75) is 38.8 Å². The summed E-state index contributed by atoms with van der Waals surface area (Å²) < 4.78 is 0. The van der Waals surface area contributed by atoms with E-state index in [-0.39, 0.29) is 35.9 Å². The van der Waals surface area contributed by atoms with E-state index in [1.807, 2.05) is 29.2 Å². The van der Waals surface area contributed by atoms with Crippen LogP contribution in [0.5, 0.6) is 0 Å². The van der Waals surface area contributed by atoms with E-state index in [1.54, 1.807) is 7.05 Å². The number of benzene rings is 2. The third-order valence-electron chi connectivity index (χ3n) is 5.22. The fourth-order valence-corrected chi connectivity index (χ4v) is 3.54. The van der Waals surface area contributed by atoms with E-state index >= 15 is 0 Å². The molecule has 0 bridgehead atoms. The van der Waals surface area contributed by atoms with Gasteiger partial charge in [0.1, 0.15) is 0 Å². The van der Waals surface area contributed by atoms with Gasteiger partial charge in [0.15, 0.2) is 5.96 Å². The minimum absolute atomic E-state index is 0. The quantitative estimate of drug-likeness (QED) is 0.271. The van der Waals surface area contributed by atoms with Gasteiger partial charge in [0.25, 0.3) is 0 Å². The van der Waals surface area contributed by atoms with E-state index in [0.29, 0.717) is 6.42 Å². The van der Waals surface area contributed by atoms with E-state index in [1.165, 1.54) is 16.7 Å². The number of carbonyl (C=O) groups is 1. The third kappa shape index (κ3) is 6.73. The molecule has 2 N–H and O–H groups in total. The predicted octanol–water partition coefficient (Wildman–Crippen LogP) is 3.90. The third-order valence-corrected chi connectivity index (χ3v) is 5.22. The summed E-state index contributed by atoms with van der Waals surface area (Å²) in [5.74, 6) is 0.993. The second kappa shape index (κ2) is 11.8. The molecule has 2 aromatic carbocycles. The zero-order valence-electron chi connectivity index (χ0n) is 17.2. The monoisotopic (exact) mass is 506 g/mol. The highest BCUT2D eigenvalue weighted by atomic mass is 127. The molecule has 1 atom stereocenters. The van der Waals surface area contributed by atoms with E-state index in [4.69, 9.17) is 0 Å². The number of amides is 1. The first kappa shape index (κ1) is 23.2. The van der Waals surface area contributed by atoms with Crippen molar-refractivity contribution in [2.75, 3.05) is 20.1 Å². The van der Waals surface area contributed by atoms with Gasteiger partial charge in [-0.2, -0.15) is 0 Å². The van der Waals surface area contributed by atoms with Crippen LogP contribution in [0.1, 0.15) is 42.5 Å². The van der Waals surface area contributed by atoms with Crippen LogP contribution >= 0.6 is 24.0 Å². The standard InChI is InChI=1S/C23H30N4O.HI/c1-18(19-9-4-3-5-10-19)26-23(24-2)25-15-8-13-22(28)27-16-14-20-11-6-7-12-21(20)17-27;/h3-7,9-12,18H,8,13-17H2,1-2H3,(H2,24,25,26);1H. The maximum absolute atomic E-state index is 12.5. The summed E-state index contributed by atoms with van der Waals surface area (Å²) in [6, 6.07) is 18.9. The smallest absolute Gasteiger partial charge is 0.222 e. The molecule has 3 rings (SSSR count). The predicted molar refractivity (Wildman–Crippen MR) is 130 cm³/mol. The van der Waals surface area contributed by atoms with Crippen LogP contribution in [0.25, 0.3) is 0 Å². The Morgan fingerprint density at radius 3 is 2.52 bits per heavy atom. The number of rotatable bonds is 6. The molecule has 2 aromatic rings. The van der Waals surface area contributed by atoms with E-state index in [2.05, 4.69) is 52.9 Å². The molecule has 0 saturated heterocycles. The average Bonchev–Trinajstić information content (AvgIpc) is 2.75. The summed E-state index contributed by atoms with van der Waals surface area (Å²) in [6.45, 7) is 4.39. The highest BCUT2D eigenvalue weighted by Gasteiger charge is 2.19. The van der Waals surface area contributed by atoms with Crippen molar-refractivity contribution in [1.29, 1.82) is 0 Å². The van der Waals surface area contributed by atoms with Gasteiger partial charge in [-0.05, 0) is 36.5 Å². The Balaban J connectivity index is 0.00000300. The van der Waals surface area contributed by atoms with E-state index < -0.39 is 0 Å². The summed E-state index contributed by atoms with van der Waals surface area (Å²) in [7, 11) is 1.77. The van der Waals surface area contributed by atoms with E-state index in [0.717, 1.165) is 38.4 Å². The van der Waals surface area contributed by atoms with Crippen LogP contribution in [0.3, 0.4) is 0 Å². The topological polar surface area (TPSA) is 56.7 Å². The molecule has 0 saturated carbocycles. The number of carbonyl (C=O) groups excluding carboxylic acids is 1. The van der Waals surface area contributed by atoms with Gasteiger partial charge in [0.2, 0.25) is 5.91 Å². The molecule has 29 heavy (non-hydrogen) atoms. The Hall–Kier alpha value is -2.09. The number of hydrogen-bond donors (Lipinski definition) is 2. The second-order valence-electron chi connectivity index (χ2n) is 7.21. The van der Waals surface area contributed by atoms with Crippen LogP contribution in [0, 0.1) is 0 Å². The van der Waals surface area contributed by atoms with Gasteiger partial charge in [0, 0.05) is 33.1 Å². The lowest BCUT2D eigenvalue weighted by Gasteiger charge is -2.29. The number of guanidine groups is 1. The molecule has 1 aliphatic rings. The van der Waals surface area contributed by atoms with Crippen LogP contribution in [-0.2, 0) is 17.8 Å². The Morgan fingerprint density at radius 2 is 1.79 bits per heavy atom. The molecule has 6 heteroatoms. The fourth-order valence-electron chi connectivity index (χ4n) is 3.54. The highest BCUT2D eigenvalue weighted by Crippen LogP contribution is 2.19. The maximum atomic E-state index is 12.5. The van der Waals surface area contributed by atoms with E-state index in [9.17, 15) is 4.79 Å². The Kier molecular flexibility index (Phi) is 9.44. The Labute approximate surface area is 191 Å². The minimum atomic E-state index is 0. The Morgan fingerprint density at radius 1 is 1.10 bits per heavy atom. The van der Waals surface area contributed by atoms with Crippen LogP contribution in [0.4, 0.5) is 0 Å². The number of aliphatic imine (C=N–C) groups is 1. The molecule has 0 spiro atoms. The average molecular weight is 506 g/mol. The number of fused-ring (bicyclic) bond motifs is 1. The lowest BCUT2D eigenvalue weighted by Crippen LogP contribution is -2.40. The van der Waals surface area contributed by atoms with Gasteiger partial charge in [-0.25, -0.2) is 0 Å².